The molecule has 1 aromatic carbocycles. The van der Waals surface area contributed by atoms with E-state index in [9.17, 15) is 0 Å². The van der Waals surface area contributed by atoms with Gasteiger partial charge in [-0.2, -0.15) is 5.10 Å². The molecule has 5 nitrogen and oxygen atoms in total. The fraction of sp³-hybridized carbons (Fsp3) is 0.412. The highest BCUT2D eigenvalue weighted by Gasteiger charge is 2.10. The second kappa shape index (κ2) is 8.58. The molecule has 0 radical (unpaired) electrons. The summed E-state index contributed by atoms with van der Waals surface area (Å²) >= 11 is 6.23. The third-order valence-corrected chi connectivity index (χ3v) is 3.97. The number of rotatable bonds is 6. The van der Waals surface area contributed by atoms with Crippen molar-refractivity contribution in [3.05, 3.63) is 53.3 Å². The van der Waals surface area contributed by atoms with E-state index in [0.717, 1.165) is 29.6 Å². The number of guanidine groups is 1. The van der Waals surface area contributed by atoms with Crippen molar-refractivity contribution < 1.29 is 0 Å². The molecule has 1 atom stereocenters. The minimum absolute atomic E-state index is 0.445. The number of aliphatic imine (C=N–C) groups is 1. The first-order valence-electron chi connectivity index (χ1n) is 7.72. The Labute approximate surface area is 143 Å². The Kier molecular flexibility index (Phi) is 6.47. The molecule has 1 heterocycles. The van der Waals surface area contributed by atoms with Crippen molar-refractivity contribution in [3.8, 4) is 0 Å². The SMILES string of the molecule is CN=C(NCC(C)Cn1cccn1)N(C)Cc1ccccc1Cl. The molecule has 0 fully saturated rings. The zero-order valence-corrected chi connectivity index (χ0v) is 14.7. The topological polar surface area (TPSA) is 45.5 Å². The number of hydrogen-bond donors (Lipinski definition) is 1. The molecule has 0 aliphatic heterocycles. The average Bonchev–Trinajstić information content (AvgIpc) is 3.03. The minimum atomic E-state index is 0.445. The number of nitrogens with one attached hydrogen (secondary N) is 1. The molecule has 1 unspecified atom stereocenters. The smallest absolute Gasteiger partial charge is 0.193 e. The van der Waals surface area contributed by atoms with Crippen LogP contribution in [0.1, 0.15) is 12.5 Å². The number of benzene rings is 1. The lowest BCUT2D eigenvalue weighted by Crippen LogP contribution is -2.40. The summed E-state index contributed by atoms with van der Waals surface area (Å²) in [7, 11) is 3.81. The van der Waals surface area contributed by atoms with Gasteiger partial charge in [0.1, 0.15) is 0 Å². The van der Waals surface area contributed by atoms with Gasteiger partial charge in [0.25, 0.3) is 0 Å². The van der Waals surface area contributed by atoms with Gasteiger partial charge < -0.3 is 10.2 Å². The van der Waals surface area contributed by atoms with E-state index in [2.05, 4.69) is 27.2 Å². The van der Waals surface area contributed by atoms with Gasteiger partial charge >= 0.3 is 0 Å². The van der Waals surface area contributed by atoms with Crippen LogP contribution >= 0.6 is 11.6 Å². The molecule has 0 bridgehead atoms. The lowest BCUT2D eigenvalue weighted by molar-refractivity contribution is 0.423. The van der Waals surface area contributed by atoms with E-state index < -0.39 is 0 Å². The Morgan fingerprint density at radius 3 is 2.83 bits per heavy atom. The summed E-state index contributed by atoms with van der Waals surface area (Å²) in [5.74, 6) is 1.30. The van der Waals surface area contributed by atoms with Crippen LogP contribution in [0.3, 0.4) is 0 Å². The zero-order chi connectivity index (χ0) is 16.7. The minimum Gasteiger partial charge on any atom is -0.356 e. The fourth-order valence-electron chi connectivity index (χ4n) is 2.40. The van der Waals surface area contributed by atoms with Crippen LogP contribution < -0.4 is 5.32 Å². The van der Waals surface area contributed by atoms with Gasteiger partial charge in [-0.1, -0.05) is 36.7 Å². The van der Waals surface area contributed by atoms with E-state index in [0.29, 0.717) is 12.5 Å². The molecule has 124 valence electrons. The van der Waals surface area contributed by atoms with Crippen LogP contribution in [0.2, 0.25) is 5.02 Å². The maximum Gasteiger partial charge on any atom is 0.193 e. The van der Waals surface area contributed by atoms with E-state index >= 15 is 0 Å². The lowest BCUT2D eigenvalue weighted by atomic mass is 10.2. The summed E-state index contributed by atoms with van der Waals surface area (Å²) in [5.41, 5.74) is 1.09. The zero-order valence-electron chi connectivity index (χ0n) is 13.9. The number of aromatic nitrogens is 2. The highest BCUT2D eigenvalue weighted by atomic mass is 35.5. The van der Waals surface area contributed by atoms with Gasteiger partial charge in [-0.15, -0.1) is 0 Å². The summed E-state index contributed by atoms with van der Waals surface area (Å²) in [4.78, 5) is 6.42. The van der Waals surface area contributed by atoms with Crippen molar-refractivity contribution in [2.75, 3.05) is 20.6 Å². The summed E-state index contributed by atoms with van der Waals surface area (Å²) in [6.45, 7) is 4.62. The number of hydrogen-bond acceptors (Lipinski definition) is 2. The van der Waals surface area contributed by atoms with Crippen molar-refractivity contribution >= 4 is 17.6 Å². The van der Waals surface area contributed by atoms with E-state index in [-0.39, 0.29) is 0 Å². The highest BCUT2D eigenvalue weighted by molar-refractivity contribution is 6.31. The molecule has 2 aromatic rings. The molecule has 0 aliphatic carbocycles. The number of nitrogens with zero attached hydrogens (tertiary/aromatic N) is 4. The summed E-state index contributed by atoms with van der Waals surface area (Å²) in [5, 5.41) is 8.43. The summed E-state index contributed by atoms with van der Waals surface area (Å²) in [6, 6.07) is 9.82. The first kappa shape index (κ1) is 17.3. The molecule has 0 spiro atoms. The molecular weight excluding hydrogens is 310 g/mol. The lowest BCUT2D eigenvalue weighted by Gasteiger charge is -2.24. The fourth-order valence-corrected chi connectivity index (χ4v) is 2.60. The van der Waals surface area contributed by atoms with Crippen LogP contribution in [0.4, 0.5) is 0 Å². The Morgan fingerprint density at radius 1 is 1.39 bits per heavy atom. The molecule has 0 saturated carbocycles. The quantitative estimate of drug-likeness (QED) is 0.653. The molecule has 23 heavy (non-hydrogen) atoms. The standard InChI is InChI=1S/C17H24ClN5/c1-14(12-23-10-6-9-21-23)11-20-17(19-2)22(3)13-15-7-4-5-8-16(15)18/h4-10,14H,11-13H2,1-3H3,(H,19,20). The Balaban J connectivity index is 1.85. The van der Waals surface area contributed by atoms with E-state index in [1.54, 1.807) is 13.2 Å². The van der Waals surface area contributed by atoms with E-state index in [1.807, 2.05) is 48.3 Å². The summed E-state index contributed by atoms with van der Waals surface area (Å²) < 4.78 is 1.95. The number of halogens is 1. The Hall–Kier alpha value is -2.01. The normalized spacial score (nSPS) is 13.0. The predicted molar refractivity (Wildman–Crippen MR) is 95.7 cm³/mol. The third kappa shape index (κ3) is 5.28. The van der Waals surface area contributed by atoms with Crippen LogP contribution in [-0.4, -0.2) is 41.3 Å². The van der Waals surface area contributed by atoms with Crippen LogP contribution in [0.5, 0.6) is 0 Å². The van der Waals surface area contributed by atoms with Crippen molar-refractivity contribution in [3.63, 3.8) is 0 Å². The van der Waals surface area contributed by atoms with Crippen molar-refractivity contribution in [2.45, 2.75) is 20.0 Å². The van der Waals surface area contributed by atoms with Crippen LogP contribution in [0.25, 0.3) is 0 Å². The van der Waals surface area contributed by atoms with Crippen molar-refractivity contribution in [1.82, 2.24) is 20.0 Å². The van der Waals surface area contributed by atoms with Gasteiger partial charge in [-0.05, 0) is 23.6 Å². The highest BCUT2D eigenvalue weighted by Crippen LogP contribution is 2.16. The molecule has 2 rings (SSSR count). The largest absolute Gasteiger partial charge is 0.356 e. The van der Waals surface area contributed by atoms with Crippen molar-refractivity contribution in [2.24, 2.45) is 10.9 Å². The molecule has 1 N–H and O–H groups in total. The van der Waals surface area contributed by atoms with Gasteiger partial charge in [-0.3, -0.25) is 9.67 Å². The van der Waals surface area contributed by atoms with Gasteiger partial charge in [0, 0.05) is 51.1 Å². The van der Waals surface area contributed by atoms with Gasteiger partial charge in [0.2, 0.25) is 0 Å². The Bertz CT molecular complexity index is 624. The maximum atomic E-state index is 6.23. The monoisotopic (exact) mass is 333 g/mol. The van der Waals surface area contributed by atoms with Crippen LogP contribution in [0.15, 0.2) is 47.7 Å². The van der Waals surface area contributed by atoms with Gasteiger partial charge in [0.05, 0.1) is 0 Å². The maximum absolute atomic E-state index is 6.23. The first-order valence-corrected chi connectivity index (χ1v) is 8.10. The third-order valence-electron chi connectivity index (χ3n) is 3.61. The average molecular weight is 334 g/mol. The van der Waals surface area contributed by atoms with Crippen LogP contribution in [0, 0.1) is 5.92 Å². The Morgan fingerprint density at radius 2 is 2.17 bits per heavy atom. The van der Waals surface area contributed by atoms with E-state index in [4.69, 9.17) is 11.6 Å². The molecular formula is C17H24ClN5. The second-order valence-corrected chi connectivity index (χ2v) is 6.12. The molecule has 0 aliphatic rings. The van der Waals surface area contributed by atoms with E-state index in [1.165, 1.54) is 0 Å². The molecule has 0 saturated heterocycles. The van der Waals surface area contributed by atoms with Gasteiger partial charge in [-0.25, -0.2) is 0 Å². The summed E-state index contributed by atoms with van der Waals surface area (Å²) in [6.07, 6.45) is 3.78. The molecule has 1 aromatic heterocycles. The predicted octanol–water partition coefficient (Wildman–Crippen LogP) is 2.88. The second-order valence-electron chi connectivity index (χ2n) is 5.71. The molecule has 6 heteroatoms. The first-order chi connectivity index (χ1) is 11.1. The van der Waals surface area contributed by atoms with Crippen LogP contribution in [-0.2, 0) is 13.1 Å². The van der Waals surface area contributed by atoms with Crippen molar-refractivity contribution in [1.29, 1.82) is 0 Å². The van der Waals surface area contributed by atoms with Gasteiger partial charge in [0.15, 0.2) is 5.96 Å². The molecule has 0 amide bonds.